The minimum Gasteiger partial charge on any atom is -0.392 e. The van der Waals surface area contributed by atoms with Gasteiger partial charge in [-0.15, -0.1) is 0 Å². The molecule has 3 nitrogen and oxygen atoms in total. The smallest absolute Gasteiger partial charge is 0.113 e. The maximum atomic E-state index is 9.76. The van der Waals surface area contributed by atoms with Crippen LogP contribution in [0.3, 0.4) is 0 Å². The summed E-state index contributed by atoms with van der Waals surface area (Å²) in [5.74, 6) is 1.75. The summed E-state index contributed by atoms with van der Waals surface area (Å²) in [6.07, 6.45) is 6.12. The molecule has 0 spiro atoms. The fraction of sp³-hybridized carbons (Fsp3) is 0.562. The number of aliphatic hydroxyl groups excluding tert-OH is 1. The number of imidazole rings is 1. The molecular weight excluding hydrogens is 236 g/mol. The summed E-state index contributed by atoms with van der Waals surface area (Å²) in [5.41, 5.74) is 2.22. The van der Waals surface area contributed by atoms with Crippen molar-refractivity contribution in [3.8, 4) is 0 Å². The van der Waals surface area contributed by atoms with Gasteiger partial charge in [0.25, 0.3) is 0 Å². The Kier molecular flexibility index (Phi) is 3.56. The van der Waals surface area contributed by atoms with Gasteiger partial charge in [0, 0.05) is 5.92 Å². The van der Waals surface area contributed by atoms with E-state index < -0.39 is 0 Å². The lowest BCUT2D eigenvalue weighted by Gasteiger charge is -2.22. The molecular formula is C16H22N2O. The SMILES string of the molecule is CC(O)Cn1c(C2CCCCC2)nc2ccccc21. The largest absolute Gasteiger partial charge is 0.392 e. The third-order valence-electron chi connectivity index (χ3n) is 4.10. The highest BCUT2D eigenvalue weighted by Crippen LogP contribution is 2.33. The highest BCUT2D eigenvalue weighted by molar-refractivity contribution is 5.76. The zero-order valence-corrected chi connectivity index (χ0v) is 11.5. The number of aromatic nitrogens is 2. The van der Waals surface area contributed by atoms with Crippen molar-refractivity contribution in [3.05, 3.63) is 30.1 Å². The maximum absolute atomic E-state index is 9.76. The van der Waals surface area contributed by atoms with Gasteiger partial charge in [0.15, 0.2) is 0 Å². The molecule has 3 rings (SSSR count). The number of fused-ring (bicyclic) bond motifs is 1. The van der Waals surface area contributed by atoms with Crippen LogP contribution in [0.25, 0.3) is 11.0 Å². The summed E-state index contributed by atoms with van der Waals surface area (Å²) in [6, 6.07) is 8.26. The van der Waals surface area contributed by atoms with Gasteiger partial charge in [-0.2, -0.15) is 0 Å². The van der Waals surface area contributed by atoms with Crippen molar-refractivity contribution in [2.75, 3.05) is 0 Å². The molecule has 1 atom stereocenters. The first-order valence-electron chi connectivity index (χ1n) is 7.39. The van der Waals surface area contributed by atoms with Gasteiger partial charge in [0.1, 0.15) is 5.82 Å². The van der Waals surface area contributed by atoms with Gasteiger partial charge in [0.2, 0.25) is 0 Å². The lowest BCUT2D eigenvalue weighted by atomic mass is 9.88. The van der Waals surface area contributed by atoms with E-state index in [1.165, 1.54) is 37.9 Å². The van der Waals surface area contributed by atoms with Crippen molar-refractivity contribution in [1.29, 1.82) is 0 Å². The van der Waals surface area contributed by atoms with E-state index in [1.807, 2.05) is 19.1 Å². The zero-order valence-electron chi connectivity index (χ0n) is 11.5. The molecule has 1 aliphatic rings. The summed E-state index contributed by atoms with van der Waals surface area (Å²) in [7, 11) is 0. The van der Waals surface area contributed by atoms with E-state index in [-0.39, 0.29) is 6.10 Å². The highest BCUT2D eigenvalue weighted by atomic mass is 16.3. The molecule has 1 fully saturated rings. The van der Waals surface area contributed by atoms with E-state index in [9.17, 15) is 5.11 Å². The molecule has 1 saturated carbocycles. The van der Waals surface area contributed by atoms with E-state index >= 15 is 0 Å². The second-order valence-corrected chi connectivity index (χ2v) is 5.75. The topological polar surface area (TPSA) is 38.0 Å². The van der Waals surface area contributed by atoms with E-state index in [0.29, 0.717) is 12.5 Å². The van der Waals surface area contributed by atoms with Gasteiger partial charge in [-0.1, -0.05) is 31.4 Å². The molecule has 1 aliphatic carbocycles. The van der Waals surface area contributed by atoms with Crippen LogP contribution in [0.4, 0.5) is 0 Å². The van der Waals surface area contributed by atoms with Gasteiger partial charge < -0.3 is 9.67 Å². The molecule has 1 aromatic carbocycles. The number of rotatable bonds is 3. The van der Waals surface area contributed by atoms with Crippen LogP contribution < -0.4 is 0 Å². The fourth-order valence-electron chi connectivity index (χ4n) is 3.22. The summed E-state index contributed by atoms with van der Waals surface area (Å²) in [6.45, 7) is 2.49. The second kappa shape index (κ2) is 5.33. The Morgan fingerprint density at radius 1 is 1.26 bits per heavy atom. The van der Waals surface area contributed by atoms with E-state index in [2.05, 4.69) is 16.7 Å². The molecule has 1 aromatic heterocycles. The quantitative estimate of drug-likeness (QED) is 0.915. The monoisotopic (exact) mass is 258 g/mol. The molecule has 0 aliphatic heterocycles. The van der Waals surface area contributed by atoms with Crippen LogP contribution in [0.5, 0.6) is 0 Å². The predicted octanol–water partition coefficient (Wildman–Crippen LogP) is 3.46. The van der Waals surface area contributed by atoms with E-state index in [4.69, 9.17) is 4.98 Å². The first-order valence-corrected chi connectivity index (χ1v) is 7.39. The van der Waals surface area contributed by atoms with Crippen molar-refractivity contribution in [1.82, 2.24) is 9.55 Å². The molecule has 0 bridgehead atoms. The Morgan fingerprint density at radius 3 is 2.74 bits per heavy atom. The number of nitrogens with zero attached hydrogens (tertiary/aromatic N) is 2. The Labute approximate surface area is 114 Å². The molecule has 2 aromatic rings. The molecule has 19 heavy (non-hydrogen) atoms. The van der Waals surface area contributed by atoms with Crippen molar-refractivity contribution >= 4 is 11.0 Å². The molecule has 102 valence electrons. The van der Waals surface area contributed by atoms with Gasteiger partial charge in [-0.3, -0.25) is 0 Å². The third-order valence-corrected chi connectivity index (χ3v) is 4.10. The average molecular weight is 258 g/mol. The molecule has 0 saturated heterocycles. The number of benzene rings is 1. The van der Waals surface area contributed by atoms with Crippen LogP contribution in [-0.4, -0.2) is 20.8 Å². The van der Waals surface area contributed by atoms with Crippen LogP contribution in [0.1, 0.15) is 50.8 Å². The number of hydrogen-bond donors (Lipinski definition) is 1. The standard InChI is InChI=1S/C16H22N2O/c1-12(19)11-18-15-10-6-5-9-14(15)17-16(18)13-7-3-2-4-8-13/h5-6,9-10,12-13,19H,2-4,7-8,11H2,1H3. The van der Waals surface area contributed by atoms with E-state index in [1.54, 1.807) is 0 Å². The van der Waals surface area contributed by atoms with Crippen LogP contribution in [0, 0.1) is 0 Å². The zero-order chi connectivity index (χ0) is 13.2. The fourth-order valence-corrected chi connectivity index (χ4v) is 3.22. The molecule has 1 unspecified atom stereocenters. The van der Waals surface area contributed by atoms with Gasteiger partial charge in [-0.05, 0) is 31.9 Å². The van der Waals surface area contributed by atoms with Crippen molar-refractivity contribution in [3.63, 3.8) is 0 Å². The Balaban J connectivity index is 2.05. The van der Waals surface area contributed by atoms with E-state index in [0.717, 1.165) is 11.0 Å². The summed E-state index contributed by atoms with van der Waals surface area (Å²) in [4.78, 5) is 4.84. The van der Waals surface area contributed by atoms with Crippen molar-refractivity contribution in [2.45, 2.75) is 57.6 Å². The number of aliphatic hydroxyl groups is 1. The summed E-state index contributed by atoms with van der Waals surface area (Å²) < 4.78 is 2.23. The van der Waals surface area contributed by atoms with Crippen LogP contribution in [-0.2, 0) is 6.54 Å². The van der Waals surface area contributed by atoms with Crippen LogP contribution in [0.2, 0.25) is 0 Å². The van der Waals surface area contributed by atoms with Crippen molar-refractivity contribution in [2.24, 2.45) is 0 Å². The minimum absolute atomic E-state index is 0.333. The Bertz CT molecular complexity index is 553. The molecule has 1 N–H and O–H groups in total. The average Bonchev–Trinajstić information content (AvgIpc) is 2.78. The molecule has 3 heteroatoms. The summed E-state index contributed by atoms with van der Waals surface area (Å²) in [5, 5.41) is 9.76. The van der Waals surface area contributed by atoms with Crippen LogP contribution in [0.15, 0.2) is 24.3 Å². The first kappa shape index (κ1) is 12.7. The lowest BCUT2D eigenvalue weighted by Crippen LogP contribution is -2.17. The van der Waals surface area contributed by atoms with Gasteiger partial charge in [0.05, 0.1) is 23.7 Å². The third kappa shape index (κ3) is 2.52. The van der Waals surface area contributed by atoms with Gasteiger partial charge in [-0.25, -0.2) is 4.98 Å². The number of para-hydroxylation sites is 2. The normalized spacial score (nSPS) is 18.8. The Morgan fingerprint density at radius 2 is 2.00 bits per heavy atom. The van der Waals surface area contributed by atoms with Gasteiger partial charge >= 0.3 is 0 Å². The first-order chi connectivity index (χ1) is 9.25. The lowest BCUT2D eigenvalue weighted by molar-refractivity contribution is 0.172. The second-order valence-electron chi connectivity index (χ2n) is 5.75. The molecule has 0 amide bonds. The van der Waals surface area contributed by atoms with Crippen LogP contribution >= 0.6 is 0 Å². The molecule has 0 radical (unpaired) electrons. The minimum atomic E-state index is -0.333. The Hall–Kier alpha value is -1.35. The highest BCUT2D eigenvalue weighted by Gasteiger charge is 2.22. The predicted molar refractivity (Wildman–Crippen MR) is 77.2 cm³/mol. The molecule has 1 heterocycles. The van der Waals surface area contributed by atoms with Crippen molar-refractivity contribution < 1.29 is 5.11 Å². The number of hydrogen-bond acceptors (Lipinski definition) is 2. The summed E-state index contributed by atoms with van der Waals surface area (Å²) >= 11 is 0. The maximum Gasteiger partial charge on any atom is 0.113 e.